The molecule has 3 amide bonds. The molecular weight excluding hydrogens is 366 g/mol. The van der Waals surface area contributed by atoms with E-state index in [1.807, 2.05) is 0 Å². The predicted octanol–water partition coefficient (Wildman–Crippen LogP) is 1.83. The Balaban J connectivity index is 1.65. The highest BCUT2D eigenvalue weighted by Gasteiger charge is 2.41. The van der Waals surface area contributed by atoms with Gasteiger partial charge in [0.15, 0.2) is 0 Å². The maximum Gasteiger partial charge on any atom is 0.256 e. The Morgan fingerprint density at radius 1 is 1.26 bits per heavy atom. The third-order valence-electron chi connectivity index (χ3n) is 4.81. The molecule has 0 bridgehead atoms. The van der Waals surface area contributed by atoms with Crippen LogP contribution in [0.5, 0.6) is 0 Å². The third-order valence-corrected chi connectivity index (χ3v) is 5.57. The molecule has 8 nitrogen and oxygen atoms in total. The zero-order valence-corrected chi connectivity index (χ0v) is 15.7. The van der Waals surface area contributed by atoms with E-state index in [-0.39, 0.29) is 24.3 Å². The Labute approximate surface area is 160 Å². The summed E-state index contributed by atoms with van der Waals surface area (Å²) in [6.07, 6.45) is 2.39. The lowest BCUT2D eigenvalue weighted by molar-refractivity contribution is -0.125. The number of piperidine rings is 1. The van der Waals surface area contributed by atoms with Gasteiger partial charge in [0.2, 0.25) is 16.9 Å². The molecule has 0 unspecified atom stereocenters. The lowest BCUT2D eigenvalue weighted by Crippen LogP contribution is -2.52. The van der Waals surface area contributed by atoms with Gasteiger partial charge in [-0.15, -0.1) is 10.2 Å². The number of carbonyl (C=O) groups excluding carboxylic acids is 3. The highest BCUT2D eigenvalue weighted by Crippen LogP contribution is 2.31. The summed E-state index contributed by atoms with van der Waals surface area (Å²) in [4.78, 5) is 41.8. The summed E-state index contributed by atoms with van der Waals surface area (Å²) in [6.45, 7) is 2.19. The minimum absolute atomic E-state index is 0.147. The van der Waals surface area contributed by atoms with Crippen molar-refractivity contribution in [2.75, 3.05) is 23.3 Å². The highest BCUT2D eigenvalue weighted by molar-refractivity contribution is 7.15. The second-order valence-electron chi connectivity index (χ2n) is 6.63. The van der Waals surface area contributed by atoms with Gasteiger partial charge >= 0.3 is 0 Å². The van der Waals surface area contributed by atoms with E-state index in [0.717, 1.165) is 17.8 Å². The molecule has 0 radical (unpaired) electrons. The zero-order chi connectivity index (χ0) is 19.0. The standard InChI is InChI=1S/C18H19N5O3S/c1-11-20-21-18(27-11)19-15(24)10-23-13-7-3-2-6-12(13)16(25)22-9-5-4-8-14(22)17(23)26/h2-3,6-7,14H,4-5,8-10H2,1H3,(H,19,21,24)/t14-/m1/s1. The van der Waals surface area contributed by atoms with Crippen LogP contribution in [-0.4, -0.2) is 52.0 Å². The molecule has 140 valence electrons. The van der Waals surface area contributed by atoms with E-state index in [4.69, 9.17) is 0 Å². The van der Waals surface area contributed by atoms with Crippen LogP contribution in [0.25, 0.3) is 0 Å². The number of fused-ring (bicyclic) bond motifs is 2. The van der Waals surface area contributed by atoms with Crippen molar-refractivity contribution in [1.29, 1.82) is 0 Å². The summed E-state index contributed by atoms with van der Waals surface area (Å²) >= 11 is 1.27. The normalized spacial score (nSPS) is 19.4. The summed E-state index contributed by atoms with van der Waals surface area (Å²) in [5.41, 5.74) is 0.931. The molecule has 9 heteroatoms. The van der Waals surface area contributed by atoms with Gasteiger partial charge in [0, 0.05) is 6.54 Å². The molecule has 2 aliphatic heterocycles. The van der Waals surface area contributed by atoms with Crippen molar-refractivity contribution in [3.63, 3.8) is 0 Å². The van der Waals surface area contributed by atoms with Crippen LogP contribution in [0, 0.1) is 6.92 Å². The number of aromatic nitrogens is 2. The van der Waals surface area contributed by atoms with Crippen molar-refractivity contribution in [2.45, 2.75) is 32.2 Å². The van der Waals surface area contributed by atoms with Crippen LogP contribution in [0.15, 0.2) is 24.3 Å². The summed E-state index contributed by atoms with van der Waals surface area (Å²) in [5.74, 6) is -0.728. The van der Waals surface area contributed by atoms with Gasteiger partial charge in [-0.2, -0.15) is 0 Å². The second-order valence-corrected chi connectivity index (χ2v) is 7.81. The summed E-state index contributed by atoms with van der Waals surface area (Å²) in [6, 6.07) is 6.44. The van der Waals surface area contributed by atoms with Crippen molar-refractivity contribution in [2.24, 2.45) is 0 Å². The molecule has 0 saturated carbocycles. The second kappa shape index (κ2) is 7.07. The maximum atomic E-state index is 13.2. The van der Waals surface area contributed by atoms with Gasteiger partial charge in [-0.05, 0) is 38.3 Å². The minimum atomic E-state index is -0.518. The number of anilines is 2. The summed E-state index contributed by atoms with van der Waals surface area (Å²) in [5, 5.41) is 11.6. The number of rotatable bonds is 3. The molecular formula is C18H19N5O3S. The fourth-order valence-electron chi connectivity index (χ4n) is 3.59. The first-order chi connectivity index (χ1) is 13.0. The number of hydrogen-bond acceptors (Lipinski definition) is 6. The number of benzene rings is 1. The van der Waals surface area contributed by atoms with Crippen LogP contribution in [-0.2, 0) is 9.59 Å². The first kappa shape index (κ1) is 17.6. The van der Waals surface area contributed by atoms with E-state index >= 15 is 0 Å². The molecule has 3 heterocycles. The van der Waals surface area contributed by atoms with Crippen LogP contribution < -0.4 is 10.2 Å². The van der Waals surface area contributed by atoms with E-state index < -0.39 is 6.04 Å². The number of nitrogens with zero attached hydrogens (tertiary/aromatic N) is 4. The van der Waals surface area contributed by atoms with Gasteiger partial charge in [0.25, 0.3) is 5.91 Å². The molecule has 4 rings (SSSR count). The van der Waals surface area contributed by atoms with Gasteiger partial charge in [-0.1, -0.05) is 23.5 Å². The Bertz CT molecular complexity index is 912. The van der Waals surface area contributed by atoms with Crippen molar-refractivity contribution in [3.05, 3.63) is 34.8 Å². The average molecular weight is 385 g/mol. The molecule has 27 heavy (non-hydrogen) atoms. The number of nitrogens with one attached hydrogen (secondary N) is 1. The van der Waals surface area contributed by atoms with E-state index in [9.17, 15) is 14.4 Å². The zero-order valence-electron chi connectivity index (χ0n) is 14.8. The number of aryl methyl sites for hydroxylation is 1. The third kappa shape index (κ3) is 3.30. The molecule has 2 aliphatic rings. The SMILES string of the molecule is Cc1nnc(NC(=O)CN2C(=O)[C@H]3CCCCN3C(=O)c3ccccc32)s1. The molecule has 1 saturated heterocycles. The van der Waals surface area contributed by atoms with Gasteiger partial charge in [0.1, 0.15) is 17.6 Å². The van der Waals surface area contributed by atoms with Gasteiger partial charge in [0.05, 0.1) is 11.3 Å². The van der Waals surface area contributed by atoms with E-state index in [2.05, 4.69) is 15.5 Å². The minimum Gasteiger partial charge on any atom is -0.327 e. The van der Waals surface area contributed by atoms with Gasteiger partial charge in [-0.3, -0.25) is 19.7 Å². The van der Waals surface area contributed by atoms with Crippen LogP contribution >= 0.6 is 11.3 Å². The average Bonchev–Trinajstić information content (AvgIpc) is 3.06. The van der Waals surface area contributed by atoms with E-state index in [0.29, 0.717) is 29.3 Å². The Hall–Kier alpha value is -2.81. The largest absolute Gasteiger partial charge is 0.327 e. The van der Waals surface area contributed by atoms with Crippen molar-refractivity contribution >= 4 is 39.9 Å². The molecule has 0 spiro atoms. The summed E-state index contributed by atoms with van der Waals surface area (Å²) < 4.78 is 0. The van der Waals surface area contributed by atoms with Crippen LogP contribution in [0.2, 0.25) is 0 Å². The Morgan fingerprint density at radius 2 is 2.07 bits per heavy atom. The molecule has 1 atom stereocenters. The summed E-state index contributed by atoms with van der Waals surface area (Å²) in [7, 11) is 0. The maximum absolute atomic E-state index is 13.2. The molecule has 1 aromatic heterocycles. The van der Waals surface area contributed by atoms with Gasteiger partial charge in [-0.25, -0.2) is 0 Å². The smallest absolute Gasteiger partial charge is 0.256 e. The lowest BCUT2D eigenvalue weighted by atomic mass is 10.0. The van der Waals surface area contributed by atoms with E-state index in [1.165, 1.54) is 16.2 Å². The molecule has 2 aromatic rings. The predicted molar refractivity (Wildman–Crippen MR) is 101 cm³/mol. The van der Waals surface area contributed by atoms with Crippen molar-refractivity contribution < 1.29 is 14.4 Å². The fraction of sp³-hybridized carbons (Fsp3) is 0.389. The number of carbonyl (C=O) groups is 3. The first-order valence-corrected chi connectivity index (χ1v) is 9.67. The van der Waals surface area contributed by atoms with Crippen LogP contribution in [0.4, 0.5) is 10.8 Å². The number of para-hydroxylation sites is 1. The topological polar surface area (TPSA) is 95.5 Å². The van der Waals surface area contributed by atoms with Crippen molar-refractivity contribution in [1.82, 2.24) is 15.1 Å². The number of hydrogen-bond donors (Lipinski definition) is 1. The highest BCUT2D eigenvalue weighted by atomic mass is 32.1. The lowest BCUT2D eigenvalue weighted by Gasteiger charge is -2.34. The molecule has 0 aliphatic carbocycles. The Morgan fingerprint density at radius 3 is 2.85 bits per heavy atom. The molecule has 1 aromatic carbocycles. The number of amides is 3. The fourth-order valence-corrected chi connectivity index (χ4v) is 4.20. The molecule has 1 fully saturated rings. The quantitative estimate of drug-likeness (QED) is 0.870. The Kier molecular flexibility index (Phi) is 4.61. The monoisotopic (exact) mass is 385 g/mol. The van der Waals surface area contributed by atoms with Gasteiger partial charge < -0.3 is 9.80 Å². The molecule has 1 N–H and O–H groups in total. The van der Waals surface area contributed by atoms with Crippen LogP contribution in [0.3, 0.4) is 0 Å². The first-order valence-electron chi connectivity index (χ1n) is 8.86. The van der Waals surface area contributed by atoms with E-state index in [1.54, 1.807) is 36.1 Å². The van der Waals surface area contributed by atoms with Crippen molar-refractivity contribution in [3.8, 4) is 0 Å². The van der Waals surface area contributed by atoms with Crippen LogP contribution in [0.1, 0.15) is 34.6 Å².